The number of ether oxygens (including phenoxy) is 1. The first-order valence-electron chi connectivity index (χ1n) is 4.51. The van der Waals surface area contributed by atoms with E-state index < -0.39 is 10.0 Å². The third kappa shape index (κ3) is 1.98. The van der Waals surface area contributed by atoms with Gasteiger partial charge < -0.3 is 4.74 Å². The number of carbonyl (C=O) groups is 1. The molecule has 0 fully saturated rings. The highest BCUT2D eigenvalue weighted by atomic mass is 32.2. The van der Waals surface area contributed by atoms with Crippen LogP contribution >= 0.6 is 0 Å². The quantitative estimate of drug-likeness (QED) is 0.784. The van der Waals surface area contributed by atoms with Crippen LogP contribution in [0.4, 0.5) is 0 Å². The molecule has 0 radical (unpaired) electrons. The van der Waals surface area contributed by atoms with Crippen molar-refractivity contribution in [2.24, 2.45) is 5.14 Å². The molecule has 0 atom stereocenters. The summed E-state index contributed by atoms with van der Waals surface area (Å²) < 4.78 is 27.4. The maximum absolute atomic E-state index is 11.6. The van der Waals surface area contributed by atoms with Crippen LogP contribution in [0.3, 0.4) is 0 Å². The average Bonchev–Trinajstić information content (AvgIpc) is 2.38. The first-order valence-corrected chi connectivity index (χ1v) is 6.06. The standard InChI is InChI=1S/C10H9NO4S/c11-16(13,14)10-6-5-8(12)7-3-1-2-4-9(7)15-10/h1-4,6H,5H2,(H2,11,13,14). The maximum Gasteiger partial charge on any atom is 0.271 e. The number of ketones is 1. The van der Waals surface area contributed by atoms with Crippen molar-refractivity contribution < 1.29 is 17.9 Å². The minimum absolute atomic E-state index is 0.0389. The number of hydrogen-bond donors (Lipinski definition) is 1. The summed E-state index contributed by atoms with van der Waals surface area (Å²) in [6.45, 7) is 0. The molecule has 2 N–H and O–H groups in total. The second-order valence-corrected chi connectivity index (χ2v) is 4.79. The average molecular weight is 239 g/mol. The molecule has 1 aliphatic heterocycles. The minimum Gasteiger partial charge on any atom is -0.443 e. The second kappa shape index (κ2) is 3.73. The van der Waals surface area contributed by atoms with Crippen LogP contribution < -0.4 is 9.88 Å². The molecule has 1 aromatic carbocycles. The lowest BCUT2D eigenvalue weighted by Gasteiger charge is -2.07. The fourth-order valence-electron chi connectivity index (χ4n) is 1.40. The number of sulfonamides is 1. The summed E-state index contributed by atoms with van der Waals surface area (Å²) in [5, 5.41) is 4.57. The first kappa shape index (κ1) is 10.8. The van der Waals surface area contributed by atoms with Crippen LogP contribution in [0.25, 0.3) is 0 Å². The fourth-order valence-corrected chi connectivity index (χ4v) is 1.92. The van der Waals surface area contributed by atoms with Gasteiger partial charge in [-0.15, -0.1) is 0 Å². The van der Waals surface area contributed by atoms with Crippen molar-refractivity contribution in [3.63, 3.8) is 0 Å². The van der Waals surface area contributed by atoms with E-state index >= 15 is 0 Å². The van der Waals surface area contributed by atoms with Crippen LogP contribution in [0.5, 0.6) is 5.75 Å². The first-order chi connectivity index (χ1) is 7.48. The molecule has 1 aromatic rings. The number of rotatable bonds is 1. The lowest BCUT2D eigenvalue weighted by atomic mass is 10.1. The van der Waals surface area contributed by atoms with Gasteiger partial charge in [0.1, 0.15) is 5.75 Å². The number of primary sulfonamides is 1. The van der Waals surface area contributed by atoms with Crippen LogP contribution in [-0.4, -0.2) is 14.2 Å². The molecule has 84 valence electrons. The van der Waals surface area contributed by atoms with Crippen molar-refractivity contribution >= 4 is 15.8 Å². The lowest BCUT2D eigenvalue weighted by molar-refractivity contribution is 0.0996. The highest BCUT2D eigenvalue weighted by molar-refractivity contribution is 7.92. The Hall–Kier alpha value is -1.66. The summed E-state index contributed by atoms with van der Waals surface area (Å²) in [5.74, 6) is 0.0134. The van der Waals surface area contributed by atoms with E-state index in [1.54, 1.807) is 18.2 Å². The molecular formula is C10H9NO4S. The van der Waals surface area contributed by atoms with E-state index in [1.807, 2.05) is 0 Å². The fraction of sp³-hybridized carbons (Fsp3) is 0.100. The Morgan fingerprint density at radius 2 is 1.94 bits per heavy atom. The van der Waals surface area contributed by atoms with E-state index in [1.165, 1.54) is 12.1 Å². The van der Waals surface area contributed by atoms with Gasteiger partial charge in [0.2, 0.25) is 5.09 Å². The largest absolute Gasteiger partial charge is 0.443 e. The van der Waals surface area contributed by atoms with Gasteiger partial charge in [0, 0.05) is 6.42 Å². The molecule has 0 amide bonds. The Kier molecular flexibility index (Phi) is 2.53. The van der Waals surface area contributed by atoms with Gasteiger partial charge in [0.05, 0.1) is 5.56 Å². The van der Waals surface area contributed by atoms with Gasteiger partial charge in [-0.3, -0.25) is 4.79 Å². The molecule has 0 aromatic heterocycles. The number of nitrogens with two attached hydrogens (primary N) is 1. The molecule has 0 unspecified atom stereocenters. The number of hydrogen-bond acceptors (Lipinski definition) is 4. The predicted octanol–water partition coefficient (Wildman–Crippen LogP) is 0.782. The zero-order chi connectivity index (χ0) is 11.8. The third-order valence-corrected chi connectivity index (χ3v) is 2.94. The lowest BCUT2D eigenvalue weighted by Crippen LogP contribution is -2.18. The molecule has 0 aliphatic carbocycles. The number of allylic oxidation sites excluding steroid dienone is 1. The van der Waals surface area contributed by atoms with Gasteiger partial charge >= 0.3 is 0 Å². The van der Waals surface area contributed by atoms with E-state index in [-0.39, 0.29) is 23.0 Å². The summed E-state index contributed by atoms with van der Waals surface area (Å²) in [5.41, 5.74) is 0.359. The van der Waals surface area contributed by atoms with Gasteiger partial charge in [-0.05, 0) is 18.2 Å². The predicted molar refractivity (Wildman–Crippen MR) is 57.2 cm³/mol. The van der Waals surface area contributed by atoms with Gasteiger partial charge in [-0.1, -0.05) is 12.1 Å². The van der Waals surface area contributed by atoms with Crippen molar-refractivity contribution in [1.29, 1.82) is 0 Å². The molecule has 2 rings (SSSR count). The van der Waals surface area contributed by atoms with Crippen LogP contribution in [0.15, 0.2) is 35.4 Å². The molecular weight excluding hydrogens is 230 g/mol. The topological polar surface area (TPSA) is 86.5 Å². The highest BCUT2D eigenvalue weighted by Gasteiger charge is 2.22. The maximum atomic E-state index is 11.6. The van der Waals surface area contributed by atoms with Crippen LogP contribution in [0.2, 0.25) is 0 Å². The summed E-state index contributed by atoms with van der Waals surface area (Å²) in [6.07, 6.45) is 1.14. The van der Waals surface area contributed by atoms with E-state index in [0.29, 0.717) is 5.56 Å². The molecule has 5 nitrogen and oxygen atoms in total. The molecule has 1 heterocycles. The van der Waals surface area contributed by atoms with Crippen molar-refractivity contribution in [3.8, 4) is 5.75 Å². The Labute approximate surface area is 92.6 Å². The van der Waals surface area contributed by atoms with Crippen molar-refractivity contribution in [2.75, 3.05) is 0 Å². The Morgan fingerprint density at radius 1 is 1.25 bits per heavy atom. The third-order valence-electron chi connectivity index (χ3n) is 2.13. The Morgan fingerprint density at radius 3 is 2.62 bits per heavy atom. The van der Waals surface area contributed by atoms with E-state index in [2.05, 4.69) is 0 Å². The van der Waals surface area contributed by atoms with Gasteiger partial charge in [-0.25, -0.2) is 13.6 Å². The van der Waals surface area contributed by atoms with Crippen molar-refractivity contribution in [2.45, 2.75) is 6.42 Å². The van der Waals surface area contributed by atoms with Crippen molar-refractivity contribution in [1.82, 2.24) is 0 Å². The normalized spacial score (nSPS) is 15.8. The highest BCUT2D eigenvalue weighted by Crippen LogP contribution is 2.26. The summed E-state index contributed by atoms with van der Waals surface area (Å²) in [7, 11) is -3.93. The van der Waals surface area contributed by atoms with Gasteiger partial charge in [-0.2, -0.15) is 0 Å². The number of carbonyl (C=O) groups excluding carboxylic acids is 1. The SMILES string of the molecule is NS(=O)(=O)C1=CCC(=O)c2ccccc2O1. The van der Waals surface area contributed by atoms with E-state index in [0.717, 1.165) is 0 Å². The molecule has 16 heavy (non-hydrogen) atoms. The second-order valence-electron chi connectivity index (χ2n) is 3.29. The van der Waals surface area contributed by atoms with Gasteiger partial charge in [0.15, 0.2) is 5.78 Å². The summed E-state index contributed by atoms with van der Waals surface area (Å²) in [4.78, 5) is 11.6. The van der Waals surface area contributed by atoms with Crippen LogP contribution in [0.1, 0.15) is 16.8 Å². The number of Topliss-reactive ketones (excluding diaryl/α,β-unsaturated/α-hetero) is 1. The number of fused-ring (bicyclic) bond motifs is 1. The van der Waals surface area contributed by atoms with Crippen LogP contribution in [0, 0.1) is 0 Å². The monoisotopic (exact) mass is 239 g/mol. The summed E-state index contributed by atoms with van der Waals surface area (Å²) >= 11 is 0. The molecule has 6 heteroatoms. The Balaban J connectivity index is 2.52. The Bertz CT molecular complexity index is 574. The zero-order valence-corrected chi connectivity index (χ0v) is 9.03. The zero-order valence-electron chi connectivity index (χ0n) is 8.21. The minimum atomic E-state index is -3.93. The summed E-state index contributed by atoms with van der Waals surface area (Å²) in [6, 6.07) is 6.44. The molecule has 1 aliphatic rings. The molecule has 0 saturated heterocycles. The molecule has 0 bridgehead atoms. The van der Waals surface area contributed by atoms with E-state index in [4.69, 9.17) is 9.88 Å². The van der Waals surface area contributed by atoms with E-state index in [9.17, 15) is 13.2 Å². The van der Waals surface area contributed by atoms with Crippen LogP contribution in [-0.2, 0) is 10.0 Å². The molecule has 0 saturated carbocycles. The molecule has 0 spiro atoms. The van der Waals surface area contributed by atoms with Gasteiger partial charge in [0.25, 0.3) is 10.0 Å². The number of para-hydroxylation sites is 1. The smallest absolute Gasteiger partial charge is 0.271 e. The van der Waals surface area contributed by atoms with Crippen molar-refractivity contribution in [3.05, 3.63) is 41.0 Å². The number of benzene rings is 1.